The van der Waals surface area contributed by atoms with Gasteiger partial charge in [0.05, 0.1) is 6.04 Å². The van der Waals surface area contributed by atoms with E-state index >= 15 is 0 Å². The Morgan fingerprint density at radius 1 is 0.792 bits per heavy atom. The zero-order valence-electron chi connectivity index (χ0n) is 11.9. The molecule has 0 saturated carbocycles. The topological polar surface area (TPSA) is 35.2 Å². The lowest BCUT2D eigenvalue weighted by Crippen LogP contribution is -2.17. The molecule has 0 spiro atoms. The van der Waals surface area contributed by atoms with Gasteiger partial charge in [-0.25, -0.2) is 0 Å². The maximum Gasteiger partial charge on any atom is 0.573 e. The third-order valence-electron chi connectivity index (χ3n) is 2.95. The van der Waals surface area contributed by atoms with Crippen LogP contribution in [-0.2, 0) is 0 Å². The zero-order chi connectivity index (χ0) is 18.0. The van der Waals surface area contributed by atoms with Crippen LogP contribution in [0.2, 0.25) is 0 Å². The fraction of sp³-hybridized carbons (Fsp3) is 0.200. The second kappa shape index (κ2) is 6.94. The number of alkyl halides is 6. The minimum Gasteiger partial charge on any atom is -0.406 e. The molecule has 0 amide bonds. The number of rotatable bonds is 4. The van der Waals surface area contributed by atoms with Crippen LogP contribution >= 0.6 is 11.8 Å². The minimum absolute atomic E-state index is 0.0207. The van der Waals surface area contributed by atoms with Crippen molar-refractivity contribution in [2.24, 2.45) is 5.73 Å². The molecule has 0 aliphatic heterocycles. The molecule has 9 heteroatoms. The Labute approximate surface area is 137 Å². The first-order valence-corrected chi connectivity index (χ1v) is 7.32. The predicted molar refractivity (Wildman–Crippen MR) is 77.5 cm³/mol. The maximum absolute atomic E-state index is 12.3. The molecule has 0 heterocycles. The number of halogens is 6. The van der Waals surface area contributed by atoms with Gasteiger partial charge in [0.1, 0.15) is 5.75 Å². The zero-order valence-corrected chi connectivity index (χ0v) is 12.7. The molecule has 2 aromatic rings. The summed E-state index contributed by atoms with van der Waals surface area (Å²) in [4.78, 5) is 0.0207. The lowest BCUT2D eigenvalue weighted by atomic mass is 10.00. The number of hydrogen-bond acceptors (Lipinski definition) is 3. The lowest BCUT2D eigenvalue weighted by Gasteiger charge is -2.15. The second-order valence-corrected chi connectivity index (χ2v) is 5.85. The number of benzene rings is 2. The normalized spacial score (nSPS) is 13.6. The molecule has 0 fully saturated rings. The Morgan fingerprint density at radius 2 is 1.25 bits per heavy atom. The Kier molecular flexibility index (Phi) is 5.34. The Bertz CT molecular complexity index is 607. The number of thioether (sulfide) groups is 1. The van der Waals surface area contributed by atoms with Crippen molar-refractivity contribution in [1.29, 1.82) is 0 Å². The van der Waals surface area contributed by atoms with Crippen LogP contribution in [0.5, 0.6) is 5.75 Å². The summed E-state index contributed by atoms with van der Waals surface area (Å²) in [5, 5.41) is 0. The molecule has 2 rings (SSSR count). The van der Waals surface area contributed by atoms with E-state index in [0.29, 0.717) is 11.1 Å². The average Bonchev–Trinajstić information content (AvgIpc) is 2.45. The fourth-order valence-corrected chi connectivity index (χ4v) is 2.49. The van der Waals surface area contributed by atoms with Gasteiger partial charge in [0.2, 0.25) is 0 Å². The van der Waals surface area contributed by atoms with Crippen molar-refractivity contribution in [3.8, 4) is 5.75 Å². The first-order chi connectivity index (χ1) is 11.0. The molecule has 1 atom stereocenters. The molecule has 0 unspecified atom stereocenters. The second-order valence-electron chi connectivity index (χ2n) is 4.71. The third kappa shape index (κ3) is 5.64. The number of hydrogen-bond donors (Lipinski definition) is 1. The van der Waals surface area contributed by atoms with Crippen LogP contribution in [0.1, 0.15) is 17.2 Å². The van der Waals surface area contributed by atoms with Gasteiger partial charge >= 0.3 is 11.9 Å². The van der Waals surface area contributed by atoms with Gasteiger partial charge in [0.15, 0.2) is 0 Å². The molecule has 2 aromatic carbocycles. The van der Waals surface area contributed by atoms with E-state index in [2.05, 4.69) is 4.74 Å². The highest BCUT2D eigenvalue weighted by Crippen LogP contribution is 2.37. The summed E-state index contributed by atoms with van der Waals surface area (Å²) >= 11 is -0.240. The van der Waals surface area contributed by atoms with E-state index in [1.165, 1.54) is 36.4 Å². The summed E-state index contributed by atoms with van der Waals surface area (Å²) in [7, 11) is 0. The SMILES string of the molecule is N[C@@H](c1ccc(OC(F)(F)F)cc1)c1ccc(SC(F)(F)F)cc1. The summed E-state index contributed by atoms with van der Waals surface area (Å²) < 4.78 is 76.8. The van der Waals surface area contributed by atoms with Crippen LogP contribution in [0.4, 0.5) is 26.3 Å². The van der Waals surface area contributed by atoms with E-state index in [1.807, 2.05) is 0 Å². The number of ether oxygens (including phenoxy) is 1. The summed E-state index contributed by atoms with van der Waals surface area (Å²) in [6, 6.07) is 9.75. The molecule has 0 radical (unpaired) electrons. The number of nitrogens with two attached hydrogens (primary N) is 1. The van der Waals surface area contributed by atoms with Gasteiger partial charge in [-0.15, -0.1) is 13.2 Å². The first-order valence-electron chi connectivity index (χ1n) is 6.50. The maximum atomic E-state index is 12.3. The van der Waals surface area contributed by atoms with Crippen molar-refractivity contribution in [1.82, 2.24) is 0 Å². The van der Waals surface area contributed by atoms with E-state index in [-0.39, 0.29) is 22.4 Å². The largest absolute Gasteiger partial charge is 0.573 e. The molecule has 0 aliphatic rings. The van der Waals surface area contributed by atoms with E-state index in [4.69, 9.17) is 5.73 Å². The first kappa shape index (κ1) is 18.5. The van der Waals surface area contributed by atoms with Crippen molar-refractivity contribution in [2.45, 2.75) is 22.8 Å². The fourth-order valence-electron chi connectivity index (χ4n) is 1.95. The highest BCUT2D eigenvalue weighted by molar-refractivity contribution is 8.00. The summed E-state index contributed by atoms with van der Waals surface area (Å²) in [6.45, 7) is 0. The smallest absolute Gasteiger partial charge is 0.406 e. The molecule has 0 saturated heterocycles. The van der Waals surface area contributed by atoms with Crippen LogP contribution in [0.15, 0.2) is 53.4 Å². The van der Waals surface area contributed by atoms with Crippen molar-refractivity contribution < 1.29 is 31.1 Å². The molecule has 0 bridgehead atoms. The highest BCUT2D eigenvalue weighted by atomic mass is 32.2. The van der Waals surface area contributed by atoms with Crippen molar-refractivity contribution in [3.63, 3.8) is 0 Å². The molecular formula is C15H11F6NOS. The van der Waals surface area contributed by atoms with Crippen LogP contribution < -0.4 is 10.5 Å². The predicted octanol–water partition coefficient (Wildman–Crippen LogP) is 5.25. The monoisotopic (exact) mass is 367 g/mol. The van der Waals surface area contributed by atoms with Gasteiger partial charge in [0, 0.05) is 4.90 Å². The van der Waals surface area contributed by atoms with Crippen LogP contribution in [0.25, 0.3) is 0 Å². The van der Waals surface area contributed by atoms with Crippen LogP contribution in [-0.4, -0.2) is 11.9 Å². The van der Waals surface area contributed by atoms with Gasteiger partial charge < -0.3 is 10.5 Å². The lowest BCUT2D eigenvalue weighted by molar-refractivity contribution is -0.274. The van der Waals surface area contributed by atoms with E-state index in [9.17, 15) is 26.3 Å². The summed E-state index contributed by atoms with van der Waals surface area (Å²) in [5.41, 5.74) is 2.64. The van der Waals surface area contributed by atoms with Gasteiger partial charge in [-0.1, -0.05) is 24.3 Å². The molecule has 24 heavy (non-hydrogen) atoms. The van der Waals surface area contributed by atoms with Gasteiger partial charge in [-0.3, -0.25) is 0 Å². The Balaban J connectivity index is 2.09. The third-order valence-corrected chi connectivity index (χ3v) is 3.68. The van der Waals surface area contributed by atoms with E-state index in [1.54, 1.807) is 0 Å². The standard InChI is InChI=1S/C15H11F6NOS/c16-14(17,18)23-11-5-1-9(2-6-11)13(22)10-3-7-12(8-4-10)24-15(19,20)21/h1-8,13H,22H2/t13-/m0/s1. The van der Waals surface area contributed by atoms with Crippen molar-refractivity contribution in [3.05, 3.63) is 59.7 Å². The summed E-state index contributed by atoms with van der Waals surface area (Å²) in [5.74, 6) is -0.379. The van der Waals surface area contributed by atoms with Crippen LogP contribution in [0, 0.1) is 0 Å². The Hall–Kier alpha value is -1.87. The van der Waals surface area contributed by atoms with Crippen molar-refractivity contribution in [2.75, 3.05) is 0 Å². The quantitative estimate of drug-likeness (QED) is 0.593. The molecule has 0 aromatic heterocycles. The van der Waals surface area contributed by atoms with Crippen LogP contribution in [0.3, 0.4) is 0 Å². The average molecular weight is 367 g/mol. The van der Waals surface area contributed by atoms with Gasteiger partial charge in [-0.2, -0.15) is 13.2 Å². The molecule has 2 N–H and O–H groups in total. The minimum atomic E-state index is -4.78. The molecule has 2 nitrogen and oxygen atoms in total. The highest BCUT2D eigenvalue weighted by Gasteiger charge is 2.31. The molecule has 0 aliphatic carbocycles. The molecule has 130 valence electrons. The van der Waals surface area contributed by atoms with E-state index in [0.717, 1.165) is 12.1 Å². The molecular weight excluding hydrogens is 356 g/mol. The van der Waals surface area contributed by atoms with Crippen molar-refractivity contribution >= 4 is 11.8 Å². The van der Waals surface area contributed by atoms with E-state index < -0.39 is 17.9 Å². The van der Waals surface area contributed by atoms with Gasteiger partial charge in [-0.05, 0) is 47.2 Å². The van der Waals surface area contributed by atoms with Gasteiger partial charge in [0.25, 0.3) is 0 Å². The summed E-state index contributed by atoms with van der Waals surface area (Å²) in [6.07, 6.45) is -4.78. The Morgan fingerprint density at radius 3 is 1.67 bits per heavy atom.